The lowest BCUT2D eigenvalue weighted by Crippen LogP contribution is -2.55. The summed E-state index contributed by atoms with van der Waals surface area (Å²) in [6, 6.07) is 16.8. The van der Waals surface area contributed by atoms with Gasteiger partial charge in [-0.25, -0.2) is 4.79 Å². The number of amides is 4. The number of para-hydroxylation sites is 1. The summed E-state index contributed by atoms with van der Waals surface area (Å²) in [5.41, 5.74) is 1.55. The summed E-state index contributed by atoms with van der Waals surface area (Å²) < 4.78 is 0. The third kappa shape index (κ3) is 2.94. The molecule has 4 amide bonds. The molecule has 3 heterocycles. The van der Waals surface area contributed by atoms with Crippen molar-refractivity contribution in [2.75, 3.05) is 13.1 Å². The fourth-order valence-electron chi connectivity index (χ4n) is 4.44. The zero-order valence-electron chi connectivity index (χ0n) is 16.4. The van der Waals surface area contributed by atoms with Gasteiger partial charge in [-0.2, -0.15) is 0 Å². The van der Waals surface area contributed by atoms with Crippen molar-refractivity contribution in [2.45, 2.75) is 24.9 Å². The summed E-state index contributed by atoms with van der Waals surface area (Å²) in [6.07, 6.45) is 2.56. The standard InChI is InChI=1S/C23H22N4O3/c28-20(18-14-24-19-9-5-4-8-17(18)19)26-12-10-23(11-13-26)21(29)27(22(30)25-23)15-16-6-2-1-3-7-16/h1-9,14,24H,10-13,15H2,(H,25,30). The van der Waals surface area contributed by atoms with Gasteiger partial charge in [0.15, 0.2) is 0 Å². The molecule has 0 radical (unpaired) electrons. The topological polar surface area (TPSA) is 85.5 Å². The molecule has 152 valence electrons. The van der Waals surface area contributed by atoms with Gasteiger partial charge in [0, 0.05) is 30.2 Å². The number of rotatable bonds is 3. The Bertz CT molecular complexity index is 1130. The van der Waals surface area contributed by atoms with Crippen LogP contribution in [0.5, 0.6) is 0 Å². The van der Waals surface area contributed by atoms with Crippen LogP contribution in [-0.4, -0.2) is 51.3 Å². The Morgan fingerprint density at radius 3 is 2.43 bits per heavy atom. The first kappa shape index (κ1) is 18.4. The van der Waals surface area contributed by atoms with E-state index in [-0.39, 0.29) is 24.4 Å². The predicted molar refractivity (Wildman–Crippen MR) is 112 cm³/mol. The van der Waals surface area contributed by atoms with Gasteiger partial charge in [0.25, 0.3) is 11.8 Å². The highest BCUT2D eigenvalue weighted by atomic mass is 16.2. The number of urea groups is 1. The number of imide groups is 1. The Labute approximate surface area is 173 Å². The Morgan fingerprint density at radius 2 is 1.67 bits per heavy atom. The van der Waals surface area contributed by atoms with E-state index in [0.29, 0.717) is 31.5 Å². The molecule has 30 heavy (non-hydrogen) atoms. The van der Waals surface area contributed by atoms with E-state index in [9.17, 15) is 14.4 Å². The highest BCUT2D eigenvalue weighted by Gasteiger charge is 2.52. The summed E-state index contributed by atoms with van der Waals surface area (Å²) >= 11 is 0. The van der Waals surface area contributed by atoms with Gasteiger partial charge < -0.3 is 15.2 Å². The number of nitrogens with zero attached hydrogens (tertiary/aromatic N) is 2. The Balaban J connectivity index is 1.30. The molecule has 0 atom stereocenters. The first-order chi connectivity index (χ1) is 14.6. The van der Waals surface area contributed by atoms with E-state index in [2.05, 4.69) is 10.3 Å². The van der Waals surface area contributed by atoms with Gasteiger partial charge in [-0.15, -0.1) is 0 Å². The molecule has 7 heteroatoms. The van der Waals surface area contributed by atoms with Crippen molar-refractivity contribution < 1.29 is 14.4 Å². The molecule has 7 nitrogen and oxygen atoms in total. The zero-order valence-corrected chi connectivity index (χ0v) is 16.4. The van der Waals surface area contributed by atoms with E-state index in [0.717, 1.165) is 16.5 Å². The number of aromatic nitrogens is 1. The van der Waals surface area contributed by atoms with Gasteiger partial charge in [0.1, 0.15) is 5.54 Å². The van der Waals surface area contributed by atoms with E-state index in [1.165, 1.54) is 4.90 Å². The second kappa shape index (κ2) is 7.02. The number of hydrogen-bond donors (Lipinski definition) is 2. The van der Waals surface area contributed by atoms with Crippen LogP contribution in [0.1, 0.15) is 28.8 Å². The third-order valence-corrected chi connectivity index (χ3v) is 6.15. The van der Waals surface area contributed by atoms with Crippen molar-refractivity contribution in [1.29, 1.82) is 0 Å². The number of hydrogen-bond acceptors (Lipinski definition) is 3. The maximum absolute atomic E-state index is 13.1. The molecule has 2 N–H and O–H groups in total. The molecule has 3 aromatic rings. The maximum atomic E-state index is 13.1. The minimum Gasteiger partial charge on any atom is -0.360 e. The van der Waals surface area contributed by atoms with Crippen LogP contribution >= 0.6 is 0 Å². The van der Waals surface area contributed by atoms with Gasteiger partial charge >= 0.3 is 6.03 Å². The number of benzene rings is 2. The van der Waals surface area contributed by atoms with Crippen LogP contribution in [0.25, 0.3) is 10.9 Å². The zero-order chi connectivity index (χ0) is 20.7. The van der Waals surface area contributed by atoms with Crippen LogP contribution in [-0.2, 0) is 11.3 Å². The predicted octanol–water partition coefficient (Wildman–Crippen LogP) is 2.89. The summed E-state index contributed by atoms with van der Waals surface area (Å²) in [5, 5.41) is 3.80. The first-order valence-corrected chi connectivity index (χ1v) is 10.1. The van der Waals surface area contributed by atoms with Crippen molar-refractivity contribution in [3.63, 3.8) is 0 Å². The highest BCUT2D eigenvalue weighted by molar-refractivity contribution is 6.08. The summed E-state index contributed by atoms with van der Waals surface area (Å²) in [4.78, 5) is 44.9. The number of piperidine rings is 1. The molecular weight excluding hydrogens is 380 g/mol. The molecule has 0 unspecified atom stereocenters. The second-order valence-corrected chi connectivity index (χ2v) is 7.93. The van der Waals surface area contributed by atoms with E-state index < -0.39 is 5.54 Å². The van der Waals surface area contributed by atoms with Crippen molar-refractivity contribution in [3.05, 3.63) is 71.9 Å². The van der Waals surface area contributed by atoms with Gasteiger partial charge in [-0.05, 0) is 24.5 Å². The van der Waals surface area contributed by atoms with Gasteiger partial charge in [-0.1, -0.05) is 48.5 Å². The Kier molecular flexibility index (Phi) is 4.31. The van der Waals surface area contributed by atoms with E-state index in [1.807, 2.05) is 54.6 Å². The van der Waals surface area contributed by atoms with E-state index >= 15 is 0 Å². The van der Waals surface area contributed by atoms with Gasteiger partial charge in [0.2, 0.25) is 0 Å². The van der Waals surface area contributed by atoms with Crippen molar-refractivity contribution in [3.8, 4) is 0 Å². The number of nitrogens with one attached hydrogen (secondary N) is 2. The summed E-state index contributed by atoms with van der Waals surface area (Å²) in [6.45, 7) is 1.10. The molecule has 2 aliphatic rings. The maximum Gasteiger partial charge on any atom is 0.325 e. The fraction of sp³-hybridized carbons (Fsp3) is 0.261. The average molecular weight is 402 g/mol. The Hall–Kier alpha value is -3.61. The molecule has 0 aliphatic carbocycles. The molecule has 2 aromatic carbocycles. The monoisotopic (exact) mass is 402 g/mol. The average Bonchev–Trinajstić information content (AvgIpc) is 3.30. The lowest BCUT2D eigenvalue weighted by molar-refractivity contribution is -0.133. The summed E-state index contributed by atoms with van der Waals surface area (Å²) in [5.74, 6) is -0.254. The number of carbonyl (C=O) groups excluding carboxylic acids is 3. The van der Waals surface area contributed by atoms with Gasteiger partial charge in [0.05, 0.1) is 12.1 Å². The Morgan fingerprint density at radius 1 is 0.967 bits per heavy atom. The smallest absolute Gasteiger partial charge is 0.325 e. The molecular formula is C23H22N4O3. The fourth-order valence-corrected chi connectivity index (χ4v) is 4.44. The summed E-state index contributed by atoms with van der Waals surface area (Å²) in [7, 11) is 0. The van der Waals surface area contributed by atoms with E-state index in [1.54, 1.807) is 11.1 Å². The molecule has 0 bridgehead atoms. The normalized spacial score (nSPS) is 18.3. The molecule has 0 saturated carbocycles. The van der Waals surface area contributed by atoms with E-state index in [4.69, 9.17) is 0 Å². The number of likely N-dealkylation sites (tertiary alicyclic amines) is 1. The molecule has 2 aliphatic heterocycles. The molecule has 5 rings (SSSR count). The van der Waals surface area contributed by atoms with Crippen molar-refractivity contribution in [2.24, 2.45) is 0 Å². The first-order valence-electron chi connectivity index (χ1n) is 10.1. The second-order valence-electron chi connectivity index (χ2n) is 7.93. The minimum absolute atomic E-state index is 0.0554. The molecule has 1 spiro atoms. The highest BCUT2D eigenvalue weighted by Crippen LogP contribution is 2.31. The SMILES string of the molecule is O=C(c1c[nH]c2ccccc12)N1CCC2(CC1)NC(=O)N(Cc1ccccc1)C2=O. The van der Waals surface area contributed by atoms with Crippen LogP contribution in [0.3, 0.4) is 0 Å². The van der Waals surface area contributed by atoms with Crippen molar-refractivity contribution in [1.82, 2.24) is 20.1 Å². The van der Waals surface area contributed by atoms with Crippen LogP contribution in [0.15, 0.2) is 60.8 Å². The largest absolute Gasteiger partial charge is 0.360 e. The number of carbonyl (C=O) groups is 3. The lowest BCUT2D eigenvalue weighted by Gasteiger charge is -2.37. The van der Waals surface area contributed by atoms with Crippen molar-refractivity contribution >= 4 is 28.7 Å². The third-order valence-electron chi connectivity index (χ3n) is 6.15. The van der Waals surface area contributed by atoms with Gasteiger partial charge in [-0.3, -0.25) is 14.5 Å². The lowest BCUT2D eigenvalue weighted by atomic mass is 9.87. The number of aromatic amines is 1. The number of H-pyrrole nitrogens is 1. The minimum atomic E-state index is -0.914. The van der Waals surface area contributed by atoms with Crippen LogP contribution in [0.2, 0.25) is 0 Å². The van der Waals surface area contributed by atoms with Crippen LogP contribution in [0.4, 0.5) is 4.79 Å². The molecule has 2 saturated heterocycles. The van der Waals surface area contributed by atoms with Crippen LogP contribution in [0, 0.1) is 0 Å². The molecule has 2 fully saturated rings. The molecule has 1 aromatic heterocycles. The van der Waals surface area contributed by atoms with Crippen LogP contribution < -0.4 is 5.32 Å². The number of fused-ring (bicyclic) bond motifs is 1. The quantitative estimate of drug-likeness (QED) is 0.661.